The number of methoxy groups -OCH3 is 2. The number of carboxylic acid groups (broad SMARTS) is 1. The summed E-state index contributed by atoms with van der Waals surface area (Å²) >= 11 is 0.764. The largest absolute Gasteiger partial charge is 0.493 e. The Bertz CT molecular complexity index is 1060. The van der Waals surface area contributed by atoms with Crippen molar-refractivity contribution in [2.24, 2.45) is 0 Å². The van der Waals surface area contributed by atoms with Gasteiger partial charge in [0.2, 0.25) is 0 Å². The van der Waals surface area contributed by atoms with Crippen molar-refractivity contribution in [2.45, 2.75) is 26.2 Å². The molecule has 1 aliphatic rings. The van der Waals surface area contributed by atoms with E-state index in [4.69, 9.17) is 9.47 Å². The van der Waals surface area contributed by atoms with Crippen LogP contribution in [0.15, 0.2) is 41.3 Å². The van der Waals surface area contributed by atoms with Crippen molar-refractivity contribution in [3.63, 3.8) is 0 Å². The lowest BCUT2D eigenvalue weighted by molar-refractivity contribution is -0.113. The third-order valence-corrected chi connectivity index (χ3v) is 6.07. The standard InChI is InChI=1S/C23H23NO6S/c1-5-13(2)14-6-9-16(10-7-14)24-21(25)18(31-23(24)28)12-15-8-11-17(29-3)20(30-4)19(15)22(26)27/h6-13H,5H2,1-4H3,(H,26,27)/b18-12+. The minimum atomic E-state index is -1.23. The van der Waals surface area contributed by atoms with E-state index in [1.807, 2.05) is 12.1 Å². The zero-order valence-corrected chi connectivity index (χ0v) is 18.5. The highest BCUT2D eigenvalue weighted by atomic mass is 32.2. The van der Waals surface area contributed by atoms with Gasteiger partial charge in [0.05, 0.1) is 24.8 Å². The molecular formula is C23H23NO6S. The number of anilines is 1. The Morgan fingerprint density at radius 1 is 1.13 bits per heavy atom. The lowest BCUT2D eigenvalue weighted by atomic mass is 9.98. The number of carbonyl (C=O) groups is 3. The number of thioether (sulfide) groups is 1. The Balaban J connectivity index is 1.98. The third-order valence-electron chi connectivity index (χ3n) is 5.20. The summed E-state index contributed by atoms with van der Waals surface area (Å²) in [6.07, 6.45) is 2.38. The SMILES string of the molecule is CCC(C)c1ccc(N2C(=O)S/C(=C/c3ccc(OC)c(OC)c3C(=O)O)C2=O)cc1. The van der Waals surface area contributed by atoms with Gasteiger partial charge in [0.15, 0.2) is 11.5 Å². The average molecular weight is 442 g/mol. The van der Waals surface area contributed by atoms with Crippen molar-refractivity contribution in [1.29, 1.82) is 0 Å². The van der Waals surface area contributed by atoms with Crippen LogP contribution in [0, 0.1) is 0 Å². The summed E-state index contributed by atoms with van der Waals surface area (Å²) in [6, 6.07) is 10.4. The molecule has 0 radical (unpaired) electrons. The van der Waals surface area contributed by atoms with Gasteiger partial charge in [-0.2, -0.15) is 0 Å². The van der Waals surface area contributed by atoms with Crippen LogP contribution in [0.3, 0.4) is 0 Å². The second kappa shape index (κ2) is 9.26. The van der Waals surface area contributed by atoms with Crippen molar-refractivity contribution in [1.82, 2.24) is 0 Å². The summed E-state index contributed by atoms with van der Waals surface area (Å²) in [5.74, 6) is -1.06. The number of imide groups is 1. The van der Waals surface area contributed by atoms with Gasteiger partial charge in [-0.05, 0) is 59.5 Å². The van der Waals surface area contributed by atoms with Crippen LogP contribution in [0.1, 0.15) is 47.7 Å². The van der Waals surface area contributed by atoms with Crippen LogP contribution < -0.4 is 14.4 Å². The van der Waals surface area contributed by atoms with Gasteiger partial charge in [-0.3, -0.25) is 9.59 Å². The zero-order valence-electron chi connectivity index (χ0n) is 17.7. The highest BCUT2D eigenvalue weighted by Crippen LogP contribution is 2.39. The molecule has 8 heteroatoms. The van der Waals surface area contributed by atoms with Gasteiger partial charge < -0.3 is 14.6 Å². The fraction of sp³-hybridized carbons (Fsp3) is 0.261. The highest BCUT2D eigenvalue weighted by molar-refractivity contribution is 8.19. The van der Waals surface area contributed by atoms with Crippen molar-refractivity contribution in [2.75, 3.05) is 19.1 Å². The smallest absolute Gasteiger partial charge is 0.340 e. The number of amides is 2. The number of rotatable bonds is 7. The first-order chi connectivity index (χ1) is 14.8. The van der Waals surface area contributed by atoms with Crippen LogP contribution in [0.2, 0.25) is 0 Å². The Morgan fingerprint density at radius 2 is 1.81 bits per heavy atom. The van der Waals surface area contributed by atoms with Gasteiger partial charge in [-0.15, -0.1) is 0 Å². The Morgan fingerprint density at radius 3 is 2.35 bits per heavy atom. The quantitative estimate of drug-likeness (QED) is 0.594. The number of nitrogens with zero attached hydrogens (tertiary/aromatic N) is 1. The molecule has 1 fully saturated rings. The van der Waals surface area contributed by atoms with E-state index in [1.54, 1.807) is 18.2 Å². The maximum absolute atomic E-state index is 13.0. The van der Waals surface area contributed by atoms with Crippen molar-refractivity contribution in [3.05, 3.63) is 58.0 Å². The van der Waals surface area contributed by atoms with Crippen LogP contribution in [-0.4, -0.2) is 36.4 Å². The first-order valence-electron chi connectivity index (χ1n) is 9.68. The van der Waals surface area contributed by atoms with Crippen molar-refractivity contribution in [3.8, 4) is 11.5 Å². The Kier molecular flexibility index (Phi) is 6.70. The number of benzene rings is 2. The molecule has 0 spiro atoms. The van der Waals surface area contributed by atoms with Crippen LogP contribution in [0.5, 0.6) is 11.5 Å². The Hall–Kier alpha value is -3.26. The van der Waals surface area contributed by atoms with E-state index in [2.05, 4.69) is 13.8 Å². The molecule has 162 valence electrons. The molecule has 1 aliphatic heterocycles. The predicted octanol–water partition coefficient (Wildman–Crippen LogP) is 5.16. The molecule has 1 N–H and O–H groups in total. The van der Waals surface area contributed by atoms with Crippen LogP contribution in [0.4, 0.5) is 10.5 Å². The molecule has 31 heavy (non-hydrogen) atoms. The molecule has 1 saturated heterocycles. The summed E-state index contributed by atoms with van der Waals surface area (Å²) in [4.78, 5) is 38.6. The fourth-order valence-corrected chi connectivity index (χ4v) is 4.13. The monoisotopic (exact) mass is 441 g/mol. The van der Waals surface area contributed by atoms with Gasteiger partial charge in [0.25, 0.3) is 11.1 Å². The van der Waals surface area contributed by atoms with Gasteiger partial charge in [-0.1, -0.05) is 32.0 Å². The molecule has 1 unspecified atom stereocenters. The molecule has 3 rings (SSSR count). The molecule has 7 nitrogen and oxygen atoms in total. The summed E-state index contributed by atoms with van der Waals surface area (Å²) in [5.41, 5.74) is 1.70. The lowest BCUT2D eigenvalue weighted by Crippen LogP contribution is -2.27. The second-order valence-electron chi connectivity index (χ2n) is 6.99. The van der Waals surface area contributed by atoms with E-state index in [0.29, 0.717) is 11.6 Å². The number of carbonyl (C=O) groups excluding carboxylic acids is 2. The second-order valence-corrected chi connectivity index (χ2v) is 7.98. The fourth-order valence-electron chi connectivity index (χ4n) is 3.30. The van der Waals surface area contributed by atoms with Crippen LogP contribution in [-0.2, 0) is 4.79 Å². The average Bonchev–Trinajstić information content (AvgIpc) is 3.05. The topological polar surface area (TPSA) is 93.1 Å². The molecule has 0 aromatic heterocycles. The van der Waals surface area contributed by atoms with Gasteiger partial charge in [-0.25, -0.2) is 9.69 Å². The molecular weight excluding hydrogens is 418 g/mol. The normalized spacial score (nSPS) is 16.0. The molecule has 0 aliphatic carbocycles. The summed E-state index contributed by atoms with van der Waals surface area (Å²) in [5, 5.41) is 9.24. The molecule has 1 atom stereocenters. The number of carboxylic acids is 1. The molecule has 2 amide bonds. The first-order valence-corrected chi connectivity index (χ1v) is 10.5. The third kappa shape index (κ3) is 4.29. The predicted molar refractivity (Wildman–Crippen MR) is 120 cm³/mol. The maximum atomic E-state index is 13.0. The molecule has 0 bridgehead atoms. The van der Waals surface area contributed by atoms with Crippen LogP contribution in [0.25, 0.3) is 6.08 Å². The first kappa shape index (κ1) is 22.4. The Labute approximate surface area is 184 Å². The maximum Gasteiger partial charge on any atom is 0.340 e. The summed E-state index contributed by atoms with van der Waals surface area (Å²) in [7, 11) is 2.74. The zero-order chi connectivity index (χ0) is 22.7. The minimum absolute atomic E-state index is 0.0450. The lowest BCUT2D eigenvalue weighted by Gasteiger charge is -2.15. The number of hydrogen-bond acceptors (Lipinski definition) is 6. The van der Waals surface area contributed by atoms with E-state index in [1.165, 1.54) is 26.4 Å². The van der Waals surface area contributed by atoms with Gasteiger partial charge >= 0.3 is 5.97 Å². The number of ether oxygens (including phenoxy) is 2. The molecule has 2 aromatic carbocycles. The highest BCUT2D eigenvalue weighted by Gasteiger charge is 2.36. The van der Waals surface area contributed by atoms with Crippen LogP contribution >= 0.6 is 11.8 Å². The van der Waals surface area contributed by atoms with Crippen molar-refractivity contribution < 1.29 is 29.0 Å². The molecule has 0 saturated carbocycles. The van der Waals surface area contributed by atoms with E-state index >= 15 is 0 Å². The van der Waals surface area contributed by atoms with E-state index in [-0.39, 0.29) is 27.5 Å². The van der Waals surface area contributed by atoms with Gasteiger partial charge in [0.1, 0.15) is 5.56 Å². The van der Waals surface area contributed by atoms with E-state index in [0.717, 1.165) is 28.6 Å². The summed E-state index contributed by atoms with van der Waals surface area (Å²) < 4.78 is 10.4. The van der Waals surface area contributed by atoms with E-state index in [9.17, 15) is 19.5 Å². The number of hydrogen-bond donors (Lipinski definition) is 1. The molecule has 2 aromatic rings. The minimum Gasteiger partial charge on any atom is -0.493 e. The van der Waals surface area contributed by atoms with E-state index < -0.39 is 17.1 Å². The van der Waals surface area contributed by atoms with Gasteiger partial charge in [0, 0.05) is 0 Å². The number of aromatic carboxylic acids is 1. The summed E-state index contributed by atoms with van der Waals surface area (Å²) in [6.45, 7) is 4.21. The molecule has 1 heterocycles. The van der Waals surface area contributed by atoms with Crippen molar-refractivity contribution >= 4 is 40.6 Å².